The van der Waals surface area contributed by atoms with Gasteiger partial charge in [0.05, 0.1) is 0 Å². The van der Waals surface area contributed by atoms with Gasteiger partial charge >= 0.3 is 52.2 Å². The zero-order valence-electron chi connectivity index (χ0n) is 14.2. The van der Waals surface area contributed by atoms with Crippen molar-refractivity contribution in [2.75, 3.05) is 0 Å². The normalized spacial score (nSPS) is 57.0. The van der Waals surface area contributed by atoms with Gasteiger partial charge in [0.25, 0.3) is 23.8 Å². The number of hydrogen-bond acceptors (Lipinski definition) is 17. The van der Waals surface area contributed by atoms with Crippen molar-refractivity contribution >= 4 is 23.5 Å². The molecule has 23 heteroatoms. The molecule has 9 aliphatic heterocycles. The first-order chi connectivity index (χ1) is 14.8. The topological polar surface area (TPSA) is 217 Å². The molecule has 6 atom stereocenters. The second kappa shape index (κ2) is 4.56. The fraction of sp³-hybridized carbons (Fsp3) is 0.556. The van der Waals surface area contributed by atoms with Crippen LogP contribution in [0.4, 0.5) is 4.39 Å². The molecular formula is C9H2FN2O17P3. The molecule has 0 saturated carbocycles. The highest BCUT2D eigenvalue weighted by molar-refractivity contribution is 7.50. The third-order valence-corrected chi connectivity index (χ3v) is 9.28. The lowest BCUT2D eigenvalue weighted by Gasteiger charge is -2.44. The van der Waals surface area contributed by atoms with Crippen molar-refractivity contribution in [2.45, 2.75) is 29.6 Å². The van der Waals surface area contributed by atoms with Crippen LogP contribution >= 0.6 is 23.5 Å². The van der Waals surface area contributed by atoms with Crippen molar-refractivity contribution in [1.82, 2.24) is 9.30 Å². The lowest BCUT2D eigenvalue weighted by Crippen LogP contribution is -2.69. The number of halogens is 1. The van der Waals surface area contributed by atoms with Gasteiger partial charge in [0.15, 0.2) is 0 Å². The number of hydrogen-bond donors (Lipinski definition) is 1. The summed E-state index contributed by atoms with van der Waals surface area (Å²) >= 11 is 0. The predicted octanol–water partition coefficient (Wildman–Crippen LogP) is -1.54. The van der Waals surface area contributed by atoms with Crippen LogP contribution in [0.3, 0.4) is 0 Å². The van der Waals surface area contributed by atoms with Gasteiger partial charge in [-0.05, 0) is 0 Å². The summed E-state index contributed by atoms with van der Waals surface area (Å²) in [6.45, 7) is 0. The fourth-order valence-electron chi connectivity index (χ4n) is 4.26. The van der Waals surface area contributed by atoms with Crippen molar-refractivity contribution in [3.05, 3.63) is 26.7 Å². The highest BCUT2D eigenvalue weighted by Crippen LogP contribution is 2.91. The Morgan fingerprint density at radius 3 is 2.50 bits per heavy atom. The molecule has 6 saturated heterocycles. The Labute approximate surface area is 169 Å². The first-order valence-electron chi connectivity index (χ1n) is 8.12. The van der Waals surface area contributed by atoms with E-state index in [-0.39, 0.29) is 4.57 Å². The van der Waals surface area contributed by atoms with Crippen molar-refractivity contribution in [3.8, 4) is 5.88 Å². The van der Waals surface area contributed by atoms with Gasteiger partial charge in [0.2, 0.25) is 0 Å². The molecule has 32 heavy (non-hydrogen) atoms. The SMILES string of the molecule is O=c1c(F)c2n3c(=O)n1OP(=O)(OOC1OP4(=O)O[C@@]35O[C@]1(O4)[C@]1(O)OP3(=O)OC51O3)O2. The molecule has 0 amide bonds. The molecule has 1 N–H and O–H groups in total. The quantitative estimate of drug-likeness (QED) is 0.301. The molecule has 1 aromatic rings. The zero-order valence-corrected chi connectivity index (χ0v) is 16.9. The monoisotopic (exact) mass is 522 g/mol. The second-order valence-electron chi connectivity index (χ2n) is 7.03. The van der Waals surface area contributed by atoms with Gasteiger partial charge < -0.3 is 9.63 Å². The third kappa shape index (κ3) is 1.53. The average molecular weight is 522 g/mol. The van der Waals surface area contributed by atoms with Gasteiger partial charge in [-0.15, -0.1) is 4.67 Å². The van der Waals surface area contributed by atoms with Gasteiger partial charge in [-0.2, -0.15) is 13.8 Å². The number of aromatic nitrogens is 2. The number of aliphatic hydroxyl groups is 1. The standard InChI is InChI=1S/C9H2FN2O17P3/c10-1-2(13)12-5(14)11-3(1)20-31(17,28-12)29-19-4-6-7(15)8(25-32(18,24-7)26-8)9(11,22-6)27-30(16,21-4)23-6/h4,15H/t4?,6-,7+,8?,9-,30?,31?,32?/m1/s1. The molecule has 0 aliphatic carbocycles. The lowest BCUT2D eigenvalue weighted by atomic mass is 9.97. The molecule has 172 valence electrons. The smallest absolute Gasteiger partial charge is 0.372 e. The van der Waals surface area contributed by atoms with Crippen LogP contribution in [0.2, 0.25) is 0 Å². The minimum atomic E-state index is -5.21. The number of ether oxygens (including phenoxy) is 1. The Morgan fingerprint density at radius 2 is 1.75 bits per heavy atom. The van der Waals surface area contributed by atoms with E-state index in [1.54, 1.807) is 0 Å². The molecule has 10 rings (SSSR count). The summed E-state index contributed by atoms with van der Waals surface area (Å²) in [5, 5.41) is 11.3. The summed E-state index contributed by atoms with van der Waals surface area (Å²) in [7, 11) is -14.7. The van der Waals surface area contributed by atoms with Crippen molar-refractivity contribution in [2.24, 2.45) is 0 Å². The van der Waals surface area contributed by atoms with E-state index in [0.717, 1.165) is 0 Å². The highest BCUT2D eigenvalue weighted by Gasteiger charge is 3.06. The summed E-state index contributed by atoms with van der Waals surface area (Å²) in [6, 6.07) is 0. The molecule has 10 heterocycles. The average Bonchev–Trinajstić information content (AvgIpc) is 3.14. The maximum Gasteiger partial charge on any atom is 0.637 e. The van der Waals surface area contributed by atoms with Gasteiger partial charge in [-0.3, -0.25) is 14.2 Å². The van der Waals surface area contributed by atoms with Gasteiger partial charge in [0, 0.05) is 0 Å². The van der Waals surface area contributed by atoms with E-state index >= 15 is 0 Å². The first-order valence-corrected chi connectivity index (χ1v) is 12.5. The van der Waals surface area contributed by atoms with E-state index in [2.05, 4.69) is 9.30 Å². The third-order valence-electron chi connectivity index (χ3n) is 5.39. The largest absolute Gasteiger partial charge is 0.637 e. The van der Waals surface area contributed by atoms with Crippen LogP contribution in [0.15, 0.2) is 9.59 Å². The predicted molar refractivity (Wildman–Crippen MR) is 76.9 cm³/mol. The maximum absolute atomic E-state index is 14.9. The number of phosphoric ester groups is 2. The van der Waals surface area contributed by atoms with E-state index in [1.165, 1.54) is 0 Å². The molecule has 1 aromatic heterocycles. The summed E-state index contributed by atoms with van der Waals surface area (Å²) in [5.74, 6) is -16.1. The van der Waals surface area contributed by atoms with Crippen LogP contribution < -0.4 is 20.4 Å². The van der Waals surface area contributed by atoms with E-state index < -0.39 is 80.7 Å². The minimum Gasteiger partial charge on any atom is -0.372 e. The molecule has 0 radical (unpaired) electrons. The summed E-state index contributed by atoms with van der Waals surface area (Å²) in [4.78, 5) is 30.0. The van der Waals surface area contributed by atoms with Crippen molar-refractivity contribution in [1.29, 1.82) is 0 Å². The summed E-state index contributed by atoms with van der Waals surface area (Å²) < 4.78 is 102. The Balaban J connectivity index is 1.59. The zero-order chi connectivity index (χ0) is 22.3. The molecule has 9 bridgehead atoms. The minimum absolute atomic E-state index is 0.0795. The molecule has 9 aliphatic rings. The number of phosphoric acid groups is 3. The van der Waals surface area contributed by atoms with Crippen LogP contribution in [0.1, 0.15) is 0 Å². The van der Waals surface area contributed by atoms with E-state index in [0.29, 0.717) is 0 Å². The number of fused-ring (bicyclic) bond motifs is 2. The second-order valence-corrected chi connectivity index (χ2v) is 11.3. The van der Waals surface area contributed by atoms with Gasteiger partial charge in [-0.1, -0.05) is 4.73 Å². The van der Waals surface area contributed by atoms with E-state index in [9.17, 15) is 32.8 Å². The summed E-state index contributed by atoms with van der Waals surface area (Å²) in [6.07, 6.45) is -2.35. The molecule has 0 aromatic carbocycles. The van der Waals surface area contributed by atoms with Gasteiger partial charge in [-0.25, -0.2) is 45.6 Å². The van der Waals surface area contributed by atoms with Crippen LogP contribution in [0, 0.1) is 5.82 Å². The number of rotatable bonds is 0. The van der Waals surface area contributed by atoms with Gasteiger partial charge in [0.1, 0.15) is 0 Å². The fourth-order valence-corrected chi connectivity index (χ4v) is 8.67. The Kier molecular flexibility index (Phi) is 2.69. The van der Waals surface area contributed by atoms with Crippen molar-refractivity contribution < 1.29 is 73.8 Å². The number of nitrogens with zero attached hydrogens (tertiary/aromatic N) is 2. The van der Waals surface area contributed by atoms with Crippen LogP contribution in [-0.2, 0) is 61.0 Å². The van der Waals surface area contributed by atoms with E-state index in [1.807, 2.05) is 0 Å². The van der Waals surface area contributed by atoms with Crippen LogP contribution in [-0.4, -0.2) is 38.1 Å². The summed E-state index contributed by atoms with van der Waals surface area (Å²) in [5.41, 5.74) is -3.56. The Hall–Kier alpha value is -1.50. The molecule has 2 spiro atoms. The van der Waals surface area contributed by atoms with E-state index in [4.69, 9.17) is 41.3 Å². The Morgan fingerprint density at radius 1 is 1.00 bits per heavy atom. The maximum atomic E-state index is 14.9. The molecular weight excluding hydrogens is 520 g/mol. The molecule has 19 nitrogen and oxygen atoms in total. The molecule has 6 fully saturated rings. The lowest BCUT2D eigenvalue weighted by molar-refractivity contribution is -0.437. The highest BCUT2D eigenvalue weighted by atomic mass is 31.2. The van der Waals surface area contributed by atoms with Crippen molar-refractivity contribution in [3.63, 3.8) is 0 Å². The van der Waals surface area contributed by atoms with Crippen LogP contribution in [0.25, 0.3) is 0 Å². The van der Waals surface area contributed by atoms with Crippen LogP contribution in [0.5, 0.6) is 5.88 Å². The Bertz CT molecular complexity index is 1470. The first kappa shape index (κ1) is 18.9. The molecule has 3 unspecified atom stereocenters.